The molecule has 0 amide bonds. The molecule has 32 heavy (non-hydrogen) atoms. The molecule has 0 bridgehead atoms. The minimum absolute atomic E-state index is 0.0555. The Labute approximate surface area is 187 Å². The minimum Gasteiger partial charge on any atom is -0.372 e. The summed E-state index contributed by atoms with van der Waals surface area (Å²) >= 11 is 0. The van der Waals surface area contributed by atoms with E-state index in [9.17, 15) is 13.2 Å². The molecule has 2 aromatic rings. The molecule has 0 aromatic heterocycles. The van der Waals surface area contributed by atoms with Crippen LogP contribution in [0.4, 0.5) is 13.2 Å². The topological polar surface area (TPSA) is 36.9 Å². The normalized spacial score (nSPS) is 17.8. The van der Waals surface area contributed by atoms with Crippen LogP contribution in [-0.2, 0) is 17.5 Å². The van der Waals surface area contributed by atoms with Gasteiger partial charge in [-0.25, -0.2) is 0 Å². The van der Waals surface area contributed by atoms with E-state index in [0.717, 1.165) is 29.2 Å². The summed E-state index contributed by atoms with van der Waals surface area (Å²) in [5.74, 6) is 0.836. The highest BCUT2D eigenvalue weighted by Gasteiger charge is 2.31. The molecule has 0 aliphatic carbocycles. The Morgan fingerprint density at radius 1 is 1.22 bits per heavy atom. The molecular formula is C25H28F3N3O. The lowest BCUT2D eigenvalue weighted by molar-refractivity contribution is -0.137. The van der Waals surface area contributed by atoms with E-state index in [1.807, 2.05) is 37.1 Å². The number of nitrogens with zero attached hydrogens (tertiary/aromatic N) is 2. The van der Waals surface area contributed by atoms with Crippen LogP contribution >= 0.6 is 0 Å². The number of likely N-dealkylation sites (N-methyl/N-ethyl adjacent to an activating group) is 1. The highest BCUT2D eigenvalue weighted by atomic mass is 19.4. The molecule has 3 rings (SSSR count). The molecule has 4 nitrogen and oxygen atoms in total. The molecule has 0 saturated carbocycles. The van der Waals surface area contributed by atoms with Crippen molar-refractivity contribution in [1.29, 1.82) is 0 Å². The molecule has 1 saturated heterocycles. The lowest BCUT2D eigenvalue weighted by Crippen LogP contribution is -2.48. The second kappa shape index (κ2) is 10.5. The maximum Gasteiger partial charge on any atom is 0.416 e. The van der Waals surface area contributed by atoms with Crippen LogP contribution in [0.3, 0.4) is 0 Å². The van der Waals surface area contributed by atoms with Gasteiger partial charge >= 0.3 is 6.18 Å². The van der Waals surface area contributed by atoms with Crippen LogP contribution < -0.4 is 5.32 Å². The Hall–Kier alpha value is -3.02. The summed E-state index contributed by atoms with van der Waals surface area (Å²) in [6, 6.07) is 14.0. The molecule has 1 heterocycles. The minimum atomic E-state index is -4.36. The lowest BCUT2D eigenvalue weighted by Gasteiger charge is -2.35. The first kappa shape index (κ1) is 23.6. The Bertz CT molecular complexity index is 1010. The smallest absolute Gasteiger partial charge is 0.372 e. The van der Waals surface area contributed by atoms with Gasteiger partial charge in [0.2, 0.25) is 0 Å². The Balaban J connectivity index is 1.71. The first-order valence-corrected chi connectivity index (χ1v) is 10.5. The average molecular weight is 444 g/mol. The van der Waals surface area contributed by atoms with Crippen molar-refractivity contribution >= 4 is 5.96 Å². The van der Waals surface area contributed by atoms with Gasteiger partial charge in [0.25, 0.3) is 0 Å². The molecule has 170 valence electrons. The molecule has 2 aromatic carbocycles. The Morgan fingerprint density at radius 3 is 2.66 bits per heavy atom. The van der Waals surface area contributed by atoms with Crippen LogP contribution in [0.1, 0.15) is 35.2 Å². The highest BCUT2D eigenvalue weighted by Crippen LogP contribution is 2.30. The van der Waals surface area contributed by atoms with Gasteiger partial charge in [-0.2, -0.15) is 13.2 Å². The number of alkyl halides is 3. The van der Waals surface area contributed by atoms with Gasteiger partial charge in [0.05, 0.1) is 31.4 Å². The predicted octanol–water partition coefficient (Wildman–Crippen LogP) is 5.26. The van der Waals surface area contributed by atoms with Crippen LogP contribution in [-0.4, -0.2) is 37.6 Å². The van der Waals surface area contributed by atoms with Crippen LogP contribution in [0, 0.1) is 6.92 Å². The van der Waals surface area contributed by atoms with E-state index in [-0.39, 0.29) is 19.3 Å². The third-order valence-corrected chi connectivity index (χ3v) is 5.05. The molecule has 1 fully saturated rings. The number of hydrogen-bond donors (Lipinski definition) is 1. The van der Waals surface area contributed by atoms with E-state index in [0.29, 0.717) is 24.2 Å². The average Bonchev–Trinajstić information content (AvgIpc) is 2.75. The zero-order chi connectivity index (χ0) is 23.1. The third kappa shape index (κ3) is 6.25. The zero-order valence-electron chi connectivity index (χ0n) is 18.5. The lowest BCUT2D eigenvalue weighted by atomic mass is 9.97. The fourth-order valence-corrected chi connectivity index (χ4v) is 3.64. The molecule has 1 aliphatic heterocycles. The number of nitrogens with one attached hydrogen (secondary N) is 1. The largest absolute Gasteiger partial charge is 0.416 e. The fraction of sp³-hybridized carbons (Fsp3) is 0.360. The van der Waals surface area contributed by atoms with Gasteiger partial charge in [0.1, 0.15) is 0 Å². The zero-order valence-corrected chi connectivity index (χ0v) is 18.5. The van der Waals surface area contributed by atoms with E-state index in [2.05, 4.69) is 28.2 Å². The fourth-order valence-electron chi connectivity index (χ4n) is 3.64. The van der Waals surface area contributed by atoms with Gasteiger partial charge in [0.15, 0.2) is 5.96 Å². The van der Waals surface area contributed by atoms with Gasteiger partial charge in [-0.3, -0.25) is 4.99 Å². The van der Waals surface area contributed by atoms with Gasteiger partial charge in [0, 0.05) is 19.2 Å². The summed E-state index contributed by atoms with van der Waals surface area (Å²) in [7, 11) is 1.97. The molecule has 0 radical (unpaired) electrons. The third-order valence-electron chi connectivity index (χ3n) is 5.05. The number of benzene rings is 2. The number of hydrogen-bond acceptors (Lipinski definition) is 2. The summed E-state index contributed by atoms with van der Waals surface area (Å²) in [4.78, 5) is 6.56. The summed E-state index contributed by atoms with van der Waals surface area (Å²) in [5.41, 5.74) is 5.88. The molecule has 0 spiro atoms. The van der Waals surface area contributed by atoms with Gasteiger partial charge in [-0.15, -0.1) is 5.73 Å². The van der Waals surface area contributed by atoms with Crippen molar-refractivity contribution in [3.05, 3.63) is 88.2 Å². The second-order valence-electron chi connectivity index (χ2n) is 7.74. The number of aliphatic imine (C=N–C) groups is 1. The van der Waals surface area contributed by atoms with E-state index >= 15 is 0 Å². The summed E-state index contributed by atoms with van der Waals surface area (Å²) in [6.45, 7) is 5.34. The Morgan fingerprint density at radius 2 is 1.97 bits per heavy atom. The van der Waals surface area contributed by atoms with Gasteiger partial charge in [-0.05, 0) is 43.2 Å². The SMILES string of the molecule is CCN=C1N[C@H](c2ccccc2)C(=C=CCOCc2cc(C)cc(C(F)(F)F)c2)CN1C. The number of aryl methyl sites for hydroxylation is 1. The first-order chi connectivity index (χ1) is 15.3. The monoisotopic (exact) mass is 443 g/mol. The first-order valence-electron chi connectivity index (χ1n) is 10.5. The van der Waals surface area contributed by atoms with Crippen molar-refractivity contribution in [3.63, 3.8) is 0 Å². The summed E-state index contributed by atoms with van der Waals surface area (Å²) in [5, 5.41) is 3.47. The molecule has 1 atom stereocenters. The van der Waals surface area contributed by atoms with Crippen molar-refractivity contribution in [2.45, 2.75) is 32.7 Å². The number of halogens is 3. The van der Waals surface area contributed by atoms with Crippen molar-refractivity contribution < 1.29 is 17.9 Å². The highest BCUT2D eigenvalue weighted by molar-refractivity contribution is 5.82. The Kier molecular flexibility index (Phi) is 7.78. The van der Waals surface area contributed by atoms with E-state index in [1.165, 1.54) is 0 Å². The van der Waals surface area contributed by atoms with Crippen molar-refractivity contribution in [1.82, 2.24) is 10.2 Å². The maximum atomic E-state index is 13.0. The van der Waals surface area contributed by atoms with E-state index < -0.39 is 11.7 Å². The molecule has 1 N–H and O–H groups in total. The second-order valence-corrected chi connectivity index (χ2v) is 7.74. The van der Waals surface area contributed by atoms with E-state index in [4.69, 9.17) is 4.74 Å². The number of ether oxygens (including phenoxy) is 1. The molecule has 1 aliphatic rings. The molecule has 7 heteroatoms. The molecular weight excluding hydrogens is 415 g/mol. The molecule has 0 unspecified atom stereocenters. The maximum absolute atomic E-state index is 13.0. The quantitative estimate of drug-likeness (QED) is 0.489. The number of guanidine groups is 1. The van der Waals surface area contributed by atoms with Crippen LogP contribution in [0.5, 0.6) is 0 Å². The summed E-state index contributed by atoms with van der Waals surface area (Å²) in [6.07, 6.45) is -2.58. The van der Waals surface area contributed by atoms with Crippen LogP contribution in [0.2, 0.25) is 0 Å². The van der Waals surface area contributed by atoms with Crippen LogP contribution in [0.25, 0.3) is 0 Å². The van der Waals surface area contributed by atoms with E-state index in [1.54, 1.807) is 19.1 Å². The standard InChI is InChI=1S/C25H28F3N3O/c1-4-29-24-30-23(20-9-6-5-7-10-20)21(16-31(24)3)11-8-12-32-17-19-13-18(2)14-22(15-19)25(26,27)28/h5-10,13-15,23H,4,12,16-17H2,1-3H3,(H,29,30)/t11?,23-/m1/s1. The predicted molar refractivity (Wildman–Crippen MR) is 120 cm³/mol. The van der Waals surface area contributed by atoms with Crippen molar-refractivity contribution in [3.8, 4) is 0 Å². The van der Waals surface area contributed by atoms with Crippen molar-refractivity contribution in [2.75, 3.05) is 26.7 Å². The van der Waals surface area contributed by atoms with Gasteiger partial charge in [-0.1, -0.05) is 42.0 Å². The summed E-state index contributed by atoms with van der Waals surface area (Å²) < 4.78 is 44.6. The van der Waals surface area contributed by atoms with Crippen LogP contribution in [0.15, 0.2) is 70.9 Å². The number of rotatable bonds is 6. The van der Waals surface area contributed by atoms with Gasteiger partial charge < -0.3 is 15.0 Å². The van der Waals surface area contributed by atoms with Crippen molar-refractivity contribution in [2.24, 2.45) is 4.99 Å².